The van der Waals surface area contributed by atoms with Crippen molar-refractivity contribution >= 4 is 11.7 Å². The number of hydrogen-bond acceptors (Lipinski definition) is 5. The van der Waals surface area contributed by atoms with E-state index in [-0.39, 0.29) is 11.7 Å². The van der Waals surface area contributed by atoms with E-state index in [1.165, 1.54) is 13.3 Å². The van der Waals surface area contributed by atoms with Crippen molar-refractivity contribution in [2.75, 3.05) is 19.0 Å². The van der Waals surface area contributed by atoms with Crippen LogP contribution in [0, 0.1) is 0 Å². The first-order valence-electron chi connectivity index (χ1n) is 8.42. The Bertz CT molecular complexity index is 783. The molecule has 5 nitrogen and oxygen atoms in total. The van der Waals surface area contributed by atoms with Gasteiger partial charge in [-0.25, -0.2) is 4.79 Å². The fraction of sp³-hybridized carbons (Fsp3) is 0.368. The zero-order valence-electron chi connectivity index (χ0n) is 14.4. The number of aromatic nitrogens is 1. The van der Waals surface area contributed by atoms with Gasteiger partial charge in [-0.15, -0.1) is 0 Å². The number of carbonyl (C=O) groups excluding carboxylic acids is 1. The number of fused-ring (bicyclic) bond motifs is 1. The summed E-state index contributed by atoms with van der Waals surface area (Å²) in [6.07, 6.45) is 5.91. The largest absolute Gasteiger partial charge is 0.465 e. The molecule has 1 N–H and O–H groups in total. The molecule has 7 heteroatoms. The number of carbonyl (C=O) groups is 1. The minimum atomic E-state index is -2.82. The third kappa shape index (κ3) is 4.09. The van der Waals surface area contributed by atoms with Crippen LogP contribution in [0.25, 0.3) is 0 Å². The van der Waals surface area contributed by atoms with Gasteiger partial charge in [-0.2, -0.15) is 8.78 Å². The van der Waals surface area contributed by atoms with Crippen LogP contribution >= 0.6 is 0 Å². The van der Waals surface area contributed by atoms with Gasteiger partial charge >= 0.3 is 12.6 Å². The van der Waals surface area contributed by atoms with Gasteiger partial charge in [0.1, 0.15) is 5.75 Å². The monoisotopic (exact) mass is 362 g/mol. The van der Waals surface area contributed by atoms with Crippen LogP contribution in [-0.4, -0.2) is 31.2 Å². The molecule has 0 radical (unpaired) electrons. The summed E-state index contributed by atoms with van der Waals surface area (Å²) in [5.74, 6) is -0.0228. The van der Waals surface area contributed by atoms with Gasteiger partial charge in [-0.3, -0.25) is 4.98 Å². The SMILES string of the molecule is COC(=O)c1ccncc1NCC1CCCc2cc(OC(F)F)ccc21. The summed E-state index contributed by atoms with van der Waals surface area (Å²) in [5.41, 5.74) is 3.19. The third-order valence-corrected chi connectivity index (χ3v) is 4.54. The Morgan fingerprint density at radius 2 is 2.23 bits per heavy atom. The average Bonchev–Trinajstić information content (AvgIpc) is 2.65. The molecule has 1 aromatic carbocycles. The summed E-state index contributed by atoms with van der Waals surface area (Å²) >= 11 is 0. The molecular formula is C19H20F2N2O3. The fourth-order valence-electron chi connectivity index (χ4n) is 3.34. The summed E-state index contributed by atoms with van der Waals surface area (Å²) in [6, 6.07) is 6.73. The van der Waals surface area contributed by atoms with E-state index in [4.69, 9.17) is 4.74 Å². The van der Waals surface area contributed by atoms with Crippen LogP contribution < -0.4 is 10.1 Å². The van der Waals surface area contributed by atoms with Gasteiger partial charge in [0, 0.05) is 18.7 Å². The smallest absolute Gasteiger partial charge is 0.387 e. The molecule has 0 aliphatic heterocycles. The lowest BCUT2D eigenvalue weighted by atomic mass is 9.82. The molecule has 0 fully saturated rings. The van der Waals surface area contributed by atoms with Crippen molar-refractivity contribution in [2.45, 2.75) is 31.8 Å². The van der Waals surface area contributed by atoms with E-state index < -0.39 is 12.6 Å². The Hall–Kier alpha value is -2.70. The Kier molecular flexibility index (Phi) is 5.65. The number of nitrogens with one attached hydrogen (secondary N) is 1. The maximum absolute atomic E-state index is 12.4. The number of aryl methyl sites for hydroxylation is 1. The first-order valence-corrected chi connectivity index (χ1v) is 8.42. The second-order valence-electron chi connectivity index (χ2n) is 6.12. The van der Waals surface area contributed by atoms with Crippen molar-refractivity contribution in [3.8, 4) is 5.75 Å². The van der Waals surface area contributed by atoms with Gasteiger partial charge < -0.3 is 14.8 Å². The zero-order valence-corrected chi connectivity index (χ0v) is 14.4. The molecule has 1 heterocycles. The topological polar surface area (TPSA) is 60.5 Å². The minimum Gasteiger partial charge on any atom is -0.465 e. The number of benzene rings is 1. The number of ether oxygens (including phenoxy) is 2. The molecule has 0 spiro atoms. The summed E-state index contributed by atoms with van der Waals surface area (Å²) in [5, 5.41) is 3.27. The van der Waals surface area contributed by atoms with Gasteiger partial charge in [-0.05, 0) is 48.6 Å². The molecule has 1 aromatic heterocycles. The van der Waals surface area contributed by atoms with E-state index >= 15 is 0 Å². The Morgan fingerprint density at radius 3 is 3.00 bits per heavy atom. The number of pyridine rings is 1. The third-order valence-electron chi connectivity index (χ3n) is 4.54. The molecule has 0 bridgehead atoms. The molecule has 138 valence electrons. The second-order valence-corrected chi connectivity index (χ2v) is 6.12. The van der Waals surface area contributed by atoms with Crippen LogP contribution in [0.4, 0.5) is 14.5 Å². The minimum absolute atomic E-state index is 0.188. The van der Waals surface area contributed by atoms with Gasteiger partial charge in [0.25, 0.3) is 0 Å². The predicted molar refractivity (Wildman–Crippen MR) is 92.8 cm³/mol. The normalized spacial score (nSPS) is 16.1. The highest BCUT2D eigenvalue weighted by atomic mass is 19.3. The highest BCUT2D eigenvalue weighted by Crippen LogP contribution is 2.34. The van der Waals surface area contributed by atoms with E-state index in [0.29, 0.717) is 17.8 Å². The lowest BCUT2D eigenvalue weighted by Crippen LogP contribution is -2.19. The molecule has 0 saturated heterocycles. The van der Waals surface area contributed by atoms with Gasteiger partial charge in [0.15, 0.2) is 0 Å². The van der Waals surface area contributed by atoms with Crippen molar-refractivity contribution in [2.24, 2.45) is 0 Å². The van der Waals surface area contributed by atoms with Crippen LogP contribution in [0.15, 0.2) is 36.7 Å². The van der Waals surface area contributed by atoms with E-state index in [2.05, 4.69) is 15.0 Å². The van der Waals surface area contributed by atoms with Crippen LogP contribution in [0.1, 0.15) is 40.2 Å². The number of rotatable bonds is 6. The van der Waals surface area contributed by atoms with E-state index in [1.54, 1.807) is 24.4 Å². The van der Waals surface area contributed by atoms with Crippen LogP contribution in [0.2, 0.25) is 0 Å². The number of alkyl halides is 2. The van der Waals surface area contributed by atoms with E-state index in [1.807, 2.05) is 6.07 Å². The first kappa shape index (κ1) is 18.1. The molecule has 2 aromatic rings. The maximum Gasteiger partial charge on any atom is 0.387 e. The molecule has 1 aliphatic rings. The van der Waals surface area contributed by atoms with Gasteiger partial charge in [0.2, 0.25) is 0 Å². The summed E-state index contributed by atoms with van der Waals surface area (Å²) < 4.78 is 34.1. The Morgan fingerprint density at radius 1 is 1.38 bits per heavy atom. The standard InChI is InChI=1S/C19H20F2N2O3/c1-25-18(24)16-7-8-22-11-17(16)23-10-13-4-2-3-12-9-14(26-19(20)21)5-6-15(12)13/h5-9,11,13,19,23H,2-4,10H2,1H3. The van der Waals surface area contributed by atoms with Crippen molar-refractivity contribution in [3.05, 3.63) is 53.3 Å². The van der Waals surface area contributed by atoms with Crippen LogP contribution in [0.3, 0.4) is 0 Å². The number of methoxy groups -OCH3 is 1. The predicted octanol–water partition coefficient (Wildman–Crippen LogP) is 4.00. The maximum atomic E-state index is 12.4. The van der Waals surface area contributed by atoms with Crippen LogP contribution in [-0.2, 0) is 11.2 Å². The highest BCUT2D eigenvalue weighted by Gasteiger charge is 2.22. The van der Waals surface area contributed by atoms with Crippen molar-refractivity contribution in [1.29, 1.82) is 0 Å². The average molecular weight is 362 g/mol. The molecule has 26 heavy (non-hydrogen) atoms. The molecule has 0 amide bonds. The molecule has 3 rings (SSSR count). The van der Waals surface area contributed by atoms with Crippen molar-refractivity contribution in [1.82, 2.24) is 4.98 Å². The van der Waals surface area contributed by atoms with Crippen molar-refractivity contribution in [3.63, 3.8) is 0 Å². The first-order chi connectivity index (χ1) is 12.6. The molecule has 1 atom stereocenters. The molecular weight excluding hydrogens is 342 g/mol. The van der Waals surface area contributed by atoms with Gasteiger partial charge in [-0.1, -0.05) is 6.07 Å². The highest BCUT2D eigenvalue weighted by molar-refractivity contribution is 5.95. The van der Waals surface area contributed by atoms with E-state index in [0.717, 1.165) is 30.4 Å². The Balaban J connectivity index is 1.74. The van der Waals surface area contributed by atoms with Crippen molar-refractivity contribution < 1.29 is 23.0 Å². The number of nitrogens with zero attached hydrogens (tertiary/aromatic N) is 1. The number of esters is 1. The quantitative estimate of drug-likeness (QED) is 0.787. The summed E-state index contributed by atoms with van der Waals surface area (Å²) in [7, 11) is 1.34. The molecule has 1 unspecified atom stereocenters. The number of halogens is 2. The number of hydrogen-bond donors (Lipinski definition) is 1. The molecule has 1 aliphatic carbocycles. The van der Waals surface area contributed by atoms with Crippen LogP contribution in [0.5, 0.6) is 5.75 Å². The lowest BCUT2D eigenvalue weighted by molar-refractivity contribution is -0.0499. The van der Waals surface area contributed by atoms with E-state index in [9.17, 15) is 13.6 Å². The Labute approximate surface area is 150 Å². The van der Waals surface area contributed by atoms with Gasteiger partial charge in [0.05, 0.1) is 24.6 Å². The molecule has 0 saturated carbocycles. The fourth-order valence-corrected chi connectivity index (χ4v) is 3.34. The zero-order chi connectivity index (χ0) is 18.5. The number of anilines is 1. The second kappa shape index (κ2) is 8.12. The summed E-state index contributed by atoms with van der Waals surface area (Å²) in [4.78, 5) is 15.9. The summed E-state index contributed by atoms with van der Waals surface area (Å²) in [6.45, 7) is -2.21. The lowest BCUT2D eigenvalue weighted by Gasteiger charge is -2.27.